The van der Waals surface area contributed by atoms with Crippen LogP contribution in [0, 0.1) is 0 Å². The molecule has 1 N–H and O–H groups in total. The summed E-state index contributed by atoms with van der Waals surface area (Å²) >= 11 is 0. The number of esters is 1. The quantitative estimate of drug-likeness (QED) is 0.852. The van der Waals surface area contributed by atoms with E-state index in [0.29, 0.717) is 5.56 Å². The first-order chi connectivity index (χ1) is 8.65. The van der Waals surface area contributed by atoms with E-state index in [-0.39, 0.29) is 17.1 Å². The largest absolute Gasteiger partial charge is 0.465 e. The molecule has 0 amide bonds. The summed E-state index contributed by atoms with van der Waals surface area (Å²) < 4.78 is 28.4. The molecular weight excluding hydrogens is 268 g/mol. The molecule has 0 unspecified atom stereocenters. The number of hydrogen-bond donors (Lipinski definition) is 1. The molecule has 0 saturated heterocycles. The van der Waals surface area contributed by atoms with E-state index < -0.39 is 20.6 Å². The standard InChI is InChI=1S/C13H18O5S/c1-13(2,3)19(16,17)11-6-5-9(8-14)7-10(11)12(15)18-4/h5-7,14H,8H2,1-4H3. The number of rotatable bonds is 3. The van der Waals surface area contributed by atoms with E-state index in [4.69, 9.17) is 5.11 Å². The topological polar surface area (TPSA) is 80.7 Å². The Bertz CT molecular complexity index is 582. The maximum absolute atomic E-state index is 12.4. The molecule has 0 aromatic heterocycles. The van der Waals surface area contributed by atoms with Gasteiger partial charge in [0, 0.05) is 0 Å². The maximum atomic E-state index is 12.4. The van der Waals surface area contributed by atoms with Crippen LogP contribution in [0.5, 0.6) is 0 Å². The molecular formula is C13H18O5S. The van der Waals surface area contributed by atoms with E-state index in [1.54, 1.807) is 20.8 Å². The third-order valence-electron chi connectivity index (χ3n) is 2.73. The van der Waals surface area contributed by atoms with Crippen LogP contribution in [0.3, 0.4) is 0 Å². The van der Waals surface area contributed by atoms with E-state index in [0.717, 1.165) is 0 Å². The van der Waals surface area contributed by atoms with Gasteiger partial charge in [-0.2, -0.15) is 0 Å². The zero-order chi connectivity index (χ0) is 14.8. The van der Waals surface area contributed by atoms with Gasteiger partial charge in [-0.05, 0) is 38.5 Å². The molecule has 1 aromatic rings. The van der Waals surface area contributed by atoms with Crippen LogP contribution in [0.25, 0.3) is 0 Å². The summed E-state index contributed by atoms with van der Waals surface area (Å²) in [7, 11) is -2.49. The number of carbonyl (C=O) groups is 1. The van der Waals surface area contributed by atoms with Crippen LogP contribution >= 0.6 is 0 Å². The molecule has 19 heavy (non-hydrogen) atoms. The molecule has 5 nitrogen and oxygen atoms in total. The number of aliphatic hydroxyl groups excluding tert-OH is 1. The normalized spacial score (nSPS) is 12.3. The van der Waals surface area contributed by atoms with Crippen LogP contribution in [-0.4, -0.2) is 31.4 Å². The number of benzene rings is 1. The molecule has 0 spiro atoms. The molecule has 0 aliphatic rings. The van der Waals surface area contributed by atoms with Crippen molar-refractivity contribution in [3.05, 3.63) is 29.3 Å². The molecule has 0 aliphatic heterocycles. The summed E-state index contributed by atoms with van der Waals surface area (Å²) in [6.07, 6.45) is 0. The first kappa shape index (κ1) is 15.7. The zero-order valence-corrected chi connectivity index (χ0v) is 12.2. The van der Waals surface area contributed by atoms with Gasteiger partial charge in [0.05, 0.1) is 28.9 Å². The fourth-order valence-corrected chi connectivity index (χ4v) is 2.85. The number of hydrogen-bond acceptors (Lipinski definition) is 5. The molecule has 106 valence electrons. The molecule has 0 saturated carbocycles. The van der Waals surface area contributed by atoms with Crippen molar-refractivity contribution in [3.8, 4) is 0 Å². The van der Waals surface area contributed by atoms with Gasteiger partial charge in [-0.1, -0.05) is 6.07 Å². The number of aliphatic hydroxyl groups is 1. The number of methoxy groups -OCH3 is 1. The Morgan fingerprint density at radius 3 is 2.32 bits per heavy atom. The Morgan fingerprint density at radius 2 is 1.89 bits per heavy atom. The van der Waals surface area contributed by atoms with Gasteiger partial charge in [0.25, 0.3) is 0 Å². The summed E-state index contributed by atoms with van der Waals surface area (Å²) in [4.78, 5) is 11.6. The van der Waals surface area contributed by atoms with Crippen LogP contribution in [0.2, 0.25) is 0 Å². The summed E-state index contributed by atoms with van der Waals surface area (Å²) in [5.41, 5.74) is 0.400. The van der Waals surface area contributed by atoms with Gasteiger partial charge in [0.1, 0.15) is 0 Å². The monoisotopic (exact) mass is 286 g/mol. The second-order valence-electron chi connectivity index (χ2n) is 5.10. The number of carbonyl (C=O) groups excluding carboxylic acids is 1. The average Bonchev–Trinajstić information content (AvgIpc) is 2.35. The van der Waals surface area contributed by atoms with Crippen LogP contribution in [0.1, 0.15) is 36.7 Å². The minimum absolute atomic E-state index is 0.0519. The predicted octanol–water partition coefficient (Wildman–Crippen LogP) is 1.54. The molecule has 0 fully saturated rings. The molecule has 0 heterocycles. The summed E-state index contributed by atoms with van der Waals surface area (Å²) in [6.45, 7) is 4.40. The zero-order valence-electron chi connectivity index (χ0n) is 11.4. The van der Waals surface area contributed by atoms with E-state index in [1.807, 2.05) is 0 Å². The van der Waals surface area contributed by atoms with Crippen LogP contribution in [-0.2, 0) is 21.2 Å². The molecule has 0 radical (unpaired) electrons. The van der Waals surface area contributed by atoms with E-state index in [2.05, 4.69) is 4.74 Å². The smallest absolute Gasteiger partial charge is 0.339 e. The maximum Gasteiger partial charge on any atom is 0.339 e. The van der Waals surface area contributed by atoms with Gasteiger partial charge < -0.3 is 9.84 Å². The van der Waals surface area contributed by atoms with Crippen LogP contribution in [0.4, 0.5) is 0 Å². The first-order valence-corrected chi connectivity index (χ1v) is 7.20. The van der Waals surface area contributed by atoms with Crippen molar-refractivity contribution >= 4 is 15.8 Å². The fourth-order valence-electron chi connectivity index (χ4n) is 1.51. The third kappa shape index (κ3) is 2.96. The van der Waals surface area contributed by atoms with Crippen molar-refractivity contribution in [2.45, 2.75) is 37.0 Å². The van der Waals surface area contributed by atoms with Crippen molar-refractivity contribution < 1.29 is 23.1 Å². The summed E-state index contributed by atoms with van der Waals surface area (Å²) in [5.74, 6) is -0.738. The number of ether oxygens (including phenoxy) is 1. The van der Waals surface area contributed by atoms with Crippen molar-refractivity contribution in [1.29, 1.82) is 0 Å². The van der Waals surface area contributed by atoms with E-state index in [1.165, 1.54) is 25.3 Å². The second kappa shape index (κ2) is 5.30. The minimum Gasteiger partial charge on any atom is -0.465 e. The first-order valence-electron chi connectivity index (χ1n) is 5.72. The van der Waals surface area contributed by atoms with Gasteiger partial charge in [-0.25, -0.2) is 13.2 Å². The average molecular weight is 286 g/mol. The van der Waals surface area contributed by atoms with Crippen molar-refractivity contribution in [3.63, 3.8) is 0 Å². The SMILES string of the molecule is COC(=O)c1cc(CO)ccc1S(=O)(=O)C(C)(C)C. The van der Waals surface area contributed by atoms with E-state index in [9.17, 15) is 13.2 Å². The number of sulfone groups is 1. The van der Waals surface area contributed by atoms with Gasteiger partial charge in [0.15, 0.2) is 9.84 Å². The highest BCUT2D eigenvalue weighted by atomic mass is 32.2. The fraction of sp³-hybridized carbons (Fsp3) is 0.462. The van der Waals surface area contributed by atoms with Gasteiger partial charge in [-0.15, -0.1) is 0 Å². The molecule has 6 heteroatoms. The highest BCUT2D eigenvalue weighted by molar-refractivity contribution is 7.92. The lowest BCUT2D eigenvalue weighted by atomic mass is 10.1. The molecule has 0 bridgehead atoms. The van der Waals surface area contributed by atoms with Gasteiger partial charge in [-0.3, -0.25) is 0 Å². The second-order valence-corrected chi connectivity index (χ2v) is 7.77. The summed E-state index contributed by atoms with van der Waals surface area (Å²) in [5, 5.41) is 9.07. The predicted molar refractivity (Wildman–Crippen MR) is 70.6 cm³/mol. The molecule has 0 aliphatic carbocycles. The lowest BCUT2D eigenvalue weighted by Gasteiger charge is -2.21. The van der Waals surface area contributed by atoms with Crippen molar-refractivity contribution in [2.75, 3.05) is 7.11 Å². The lowest BCUT2D eigenvalue weighted by molar-refractivity contribution is 0.0596. The highest BCUT2D eigenvalue weighted by Gasteiger charge is 2.34. The Balaban J connectivity index is 3.57. The van der Waals surface area contributed by atoms with Crippen molar-refractivity contribution in [2.24, 2.45) is 0 Å². The van der Waals surface area contributed by atoms with Crippen LogP contribution < -0.4 is 0 Å². The van der Waals surface area contributed by atoms with Gasteiger partial charge in [0.2, 0.25) is 0 Å². The molecule has 1 rings (SSSR count). The van der Waals surface area contributed by atoms with Crippen molar-refractivity contribution in [1.82, 2.24) is 0 Å². The molecule has 0 atom stereocenters. The summed E-state index contributed by atoms with van der Waals surface area (Å²) in [6, 6.07) is 4.15. The Kier molecular flexibility index (Phi) is 4.37. The molecule has 1 aromatic carbocycles. The minimum atomic E-state index is -3.67. The highest BCUT2D eigenvalue weighted by Crippen LogP contribution is 2.28. The Morgan fingerprint density at radius 1 is 1.32 bits per heavy atom. The van der Waals surface area contributed by atoms with Gasteiger partial charge >= 0.3 is 5.97 Å². The Hall–Kier alpha value is -1.40. The Labute approximate surface area is 113 Å². The third-order valence-corrected chi connectivity index (χ3v) is 5.27. The van der Waals surface area contributed by atoms with E-state index >= 15 is 0 Å². The lowest BCUT2D eigenvalue weighted by Crippen LogP contribution is -2.29. The van der Waals surface area contributed by atoms with Crippen LogP contribution in [0.15, 0.2) is 23.1 Å².